The summed E-state index contributed by atoms with van der Waals surface area (Å²) in [4.78, 5) is 24.3. The number of ether oxygens (including phenoxy) is 2. The maximum Gasteiger partial charge on any atom is 0.331 e. The molecule has 0 radical (unpaired) electrons. The lowest BCUT2D eigenvalue weighted by Crippen LogP contribution is -2.69. The molecule has 0 spiro atoms. The van der Waals surface area contributed by atoms with Crippen LogP contribution in [-0.2, 0) is 19.1 Å². The molecular weight excluding hydrogens is 404 g/mol. The van der Waals surface area contributed by atoms with Gasteiger partial charge in [0.1, 0.15) is 12.2 Å². The third-order valence-electron chi connectivity index (χ3n) is 11.1. The summed E-state index contributed by atoms with van der Waals surface area (Å²) < 4.78 is 11.6. The van der Waals surface area contributed by atoms with E-state index in [4.69, 9.17) is 9.47 Å². The van der Waals surface area contributed by atoms with Crippen LogP contribution >= 0.6 is 0 Å². The lowest BCUT2D eigenvalue weighted by Gasteiger charge is -2.70. The van der Waals surface area contributed by atoms with Gasteiger partial charge in [0.05, 0.1) is 6.10 Å². The second kappa shape index (κ2) is 6.84. The molecule has 5 rings (SSSR count). The van der Waals surface area contributed by atoms with Gasteiger partial charge in [0.25, 0.3) is 0 Å². The zero-order chi connectivity index (χ0) is 23.3. The number of carbonyl (C=O) groups excluding carboxylic acids is 2. The molecule has 1 unspecified atom stereocenters. The Hall–Kier alpha value is -1.36. The van der Waals surface area contributed by atoms with E-state index in [2.05, 4.69) is 34.6 Å². The Morgan fingerprint density at radius 2 is 1.72 bits per heavy atom. The molecule has 0 aromatic heterocycles. The van der Waals surface area contributed by atoms with Crippen LogP contribution in [0.15, 0.2) is 11.6 Å². The van der Waals surface area contributed by atoms with E-state index in [1.165, 1.54) is 38.7 Å². The van der Waals surface area contributed by atoms with Gasteiger partial charge < -0.3 is 14.6 Å². The largest absolute Gasteiger partial charge is 0.458 e. The molecule has 5 nitrogen and oxygen atoms in total. The van der Waals surface area contributed by atoms with Crippen molar-refractivity contribution in [2.45, 2.75) is 105 Å². The Balaban J connectivity index is 1.59. The summed E-state index contributed by atoms with van der Waals surface area (Å²) in [5.74, 6) is 0.463. The van der Waals surface area contributed by atoms with Crippen molar-refractivity contribution in [2.24, 2.45) is 39.4 Å². The normalized spacial score (nSPS) is 51.3. The van der Waals surface area contributed by atoms with Crippen LogP contribution in [0.25, 0.3) is 0 Å². The highest BCUT2D eigenvalue weighted by Gasteiger charge is 2.70. The van der Waals surface area contributed by atoms with Gasteiger partial charge in [-0.1, -0.05) is 41.0 Å². The average molecular weight is 445 g/mol. The molecule has 5 aliphatic rings. The van der Waals surface area contributed by atoms with E-state index in [0.29, 0.717) is 23.7 Å². The minimum Gasteiger partial charge on any atom is -0.458 e. The molecule has 4 aliphatic carbocycles. The Labute approximate surface area is 192 Å². The highest BCUT2D eigenvalue weighted by atomic mass is 16.6. The van der Waals surface area contributed by atoms with Crippen LogP contribution in [0, 0.1) is 39.4 Å². The van der Waals surface area contributed by atoms with Crippen LogP contribution in [0.1, 0.15) is 86.5 Å². The maximum atomic E-state index is 12.3. The molecule has 1 aliphatic heterocycles. The highest BCUT2D eigenvalue weighted by Crippen LogP contribution is 2.73. The first-order chi connectivity index (χ1) is 14.8. The molecule has 0 bridgehead atoms. The minimum absolute atomic E-state index is 0.00553. The summed E-state index contributed by atoms with van der Waals surface area (Å²) in [6.07, 6.45) is 7.45. The Bertz CT molecular complexity index is 875. The second-order valence-electron chi connectivity index (χ2n) is 13.0. The number of aliphatic hydroxyl groups is 1. The van der Waals surface area contributed by atoms with Crippen molar-refractivity contribution in [2.75, 3.05) is 0 Å². The van der Waals surface area contributed by atoms with Gasteiger partial charge >= 0.3 is 11.9 Å². The van der Waals surface area contributed by atoms with Gasteiger partial charge in [-0.2, -0.15) is 0 Å². The molecule has 5 heteroatoms. The molecule has 4 fully saturated rings. The van der Waals surface area contributed by atoms with E-state index in [-0.39, 0.29) is 28.7 Å². The van der Waals surface area contributed by atoms with E-state index < -0.39 is 23.7 Å². The van der Waals surface area contributed by atoms with Gasteiger partial charge in [-0.25, -0.2) is 4.79 Å². The van der Waals surface area contributed by atoms with Gasteiger partial charge in [0, 0.05) is 24.0 Å². The highest BCUT2D eigenvalue weighted by molar-refractivity contribution is 5.86. The van der Waals surface area contributed by atoms with Crippen molar-refractivity contribution < 1.29 is 24.2 Å². The van der Waals surface area contributed by atoms with Crippen LogP contribution in [-0.4, -0.2) is 35.4 Å². The Kier molecular flexibility index (Phi) is 4.79. The molecule has 32 heavy (non-hydrogen) atoms. The van der Waals surface area contributed by atoms with E-state index in [9.17, 15) is 14.7 Å². The Morgan fingerprint density at radius 1 is 1.03 bits per heavy atom. The Morgan fingerprint density at radius 3 is 2.41 bits per heavy atom. The van der Waals surface area contributed by atoms with Crippen LogP contribution in [0.2, 0.25) is 0 Å². The van der Waals surface area contributed by atoms with E-state index >= 15 is 0 Å². The van der Waals surface area contributed by atoms with Crippen LogP contribution in [0.4, 0.5) is 0 Å². The molecule has 0 saturated heterocycles. The van der Waals surface area contributed by atoms with Crippen molar-refractivity contribution in [3.8, 4) is 0 Å². The summed E-state index contributed by atoms with van der Waals surface area (Å²) in [5, 5.41) is 11.7. The van der Waals surface area contributed by atoms with Crippen LogP contribution in [0.3, 0.4) is 0 Å². The lowest BCUT2D eigenvalue weighted by molar-refractivity contribution is -0.254. The number of aliphatic hydroxyl groups excluding tert-OH is 1. The van der Waals surface area contributed by atoms with Crippen LogP contribution < -0.4 is 0 Å². The molecule has 0 aromatic carbocycles. The third kappa shape index (κ3) is 2.78. The molecular formula is C27H40O5. The first kappa shape index (κ1) is 22.4. The molecule has 178 valence electrons. The number of hydrogen-bond donors (Lipinski definition) is 1. The smallest absolute Gasteiger partial charge is 0.331 e. The van der Waals surface area contributed by atoms with Crippen molar-refractivity contribution in [1.82, 2.24) is 0 Å². The molecule has 4 saturated carbocycles. The second-order valence-corrected chi connectivity index (χ2v) is 13.0. The first-order valence-electron chi connectivity index (χ1n) is 12.6. The monoisotopic (exact) mass is 444 g/mol. The topological polar surface area (TPSA) is 72.8 Å². The van der Waals surface area contributed by atoms with Crippen LogP contribution in [0.5, 0.6) is 0 Å². The number of esters is 2. The fraction of sp³-hybridized carbons (Fsp3) is 0.852. The molecule has 1 heterocycles. The number of fused-ring (bicyclic) bond motifs is 7. The van der Waals surface area contributed by atoms with Gasteiger partial charge in [-0.05, 0) is 72.5 Å². The SMILES string of the molecule is CC(=O)O[C@H]1C[C@H]2[C@]3(C)CC[C@H]4C(C)(C)CCC[C@]4(C)[C@H]3C[C@@H](O)[C@]2(C)C2OC(=O)C=C21. The van der Waals surface area contributed by atoms with E-state index in [0.717, 1.165) is 18.4 Å². The average Bonchev–Trinajstić information content (AvgIpc) is 3.08. The predicted molar refractivity (Wildman–Crippen MR) is 120 cm³/mol. The van der Waals surface area contributed by atoms with Gasteiger partial charge in [-0.15, -0.1) is 0 Å². The molecule has 0 aromatic rings. The lowest BCUT2D eigenvalue weighted by atomic mass is 9.35. The summed E-state index contributed by atoms with van der Waals surface area (Å²) in [6.45, 7) is 13.3. The molecule has 9 atom stereocenters. The summed E-state index contributed by atoms with van der Waals surface area (Å²) in [5.41, 5.74) is 0.697. The summed E-state index contributed by atoms with van der Waals surface area (Å²) >= 11 is 0. The van der Waals surface area contributed by atoms with E-state index in [1.807, 2.05) is 0 Å². The van der Waals surface area contributed by atoms with Gasteiger partial charge in [-0.3, -0.25) is 4.79 Å². The zero-order valence-corrected chi connectivity index (χ0v) is 20.6. The van der Waals surface area contributed by atoms with E-state index in [1.54, 1.807) is 0 Å². The van der Waals surface area contributed by atoms with Crippen molar-refractivity contribution >= 4 is 11.9 Å². The third-order valence-corrected chi connectivity index (χ3v) is 11.1. The summed E-state index contributed by atoms with van der Waals surface area (Å²) in [7, 11) is 0. The summed E-state index contributed by atoms with van der Waals surface area (Å²) in [6, 6.07) is 0. The number of carbonyl (C=O) groups is 2. The molecule has 0 amide bonds. The van der Waals surface area contributed by atoms with Crippen molar-refractivity contribution in [1.29, 1.82) is 0 Å². The number of hydrogen-bond acceptors (Lipinski definition) is 5. The van der Waals surface area contributed by atoms with Gasteiger partial charge in [0.15, 0.2) is 0 Å². The fourth-order valence-electron chi connectivity index (χ4n) is 9.79. The van der Waals surface area contributed by atoms with Crippen molar-refractivity contribution in [3.05, 3.63) is 11.6 Å². The molecule has 1 N–H and O–H groups in total. The first-order valence-corrected chi connectivity index (χ1v) is 12.6. The maximum absolute atomic E-state index is 12.3. The van der Waals surface area contributed by atoms with Crippen molar-refractivity contribution in [3.63, 3.8) is 0 Å². The predicted octanol–water partition coefficient (Wildman–Crippen LogP) is 4.81. The fourth-order valence-corrected chi connectivity index (χ4v) is 9.79. The number of rotatable bonds is 1. The quantitative estimate of drug-likeness (QED) is 0.588. The zero-order valence-electron chi connectivity index (χ0n) is 20.6. The standard InChI is InChI=1S/C27H40O5/c1-15(28)31-17-13-20-26(5)11-8-18-24(2,3)9-7-10-25(18,4)19(26)14-21(29)27(20,6)23-16(17)12-22(30)32-23/h12,17-21,23,29H,7-11,13-14H2,1-6H3/t17-,18-,19+,20-,21+,23?,25-,26+,27+/m0/s1. The van der Waals surface area contributed by atoms with Gasteiger partial charge in [0.2, 0.25) is 0 Å². The minimum atomic E-state index is -0.562.